The topological polar surface area (TPSA) is 163 Å². The fourth-order valence-corrected chi connectivity index (χ4v) is 16.4. The zero-order valence-electron chi connectivity index (χ0n) is 35.0. The average Bonchev–Trinajstić information content (AvgIpc) is 4.16. The Hall–Kier alpha value is -6.56. The lowest BCUT2D eigenvalue weighted by Crippen LogP contribution is -2.37. The Morgan fingerprint density at radius 2 is 0.719 bits per heavy atom. The third-order valence-electron chi connectivity index (χ3n) is 16.1. The van der Waals surface area contributed by atoms with E-state index in [4.69, 9.17) is 0 Å². The van der Waals surface area contributed by atoms with E-state index in [-0.39, 0.29) is 71.9 Å². The third-order valence-corrected chi connectivity index (χ3v) is 18.6. The van der Waals surface area contributed by atoms with Crippen molar-refractivity contribution in [2.24, 2.45) is 0 Å². The lowest BCUT2D eigenvalue weighted by atomic mass is 9.58. The van der Waals surface area contributed by atoms with Crippen molar-refractivity contribution in [2.75, 3.05) is 0 Å². The molecule has 8 nitrogen and oxygen atoms in total. The molecule has 10 heteroatoms. The number of nitrogens with zero attached hydrogens (tertiary/aromatic N) is 4. The van der Waals surface area contributed by atoms with E-state index in [2.05, 4.69) is 12.2 Å². The lowest BCUT2D eigenvalue weighted by Gasteiger charge is -2.44. The van der Waals surface area contributed by atoms with Crippen molar-refractivity contribution in [1.29, 1.82) is 21.0 Å². The van der Waals surface area contributed by atoms with Crippen LogP contribution in [-0.2, 0) is 16.2 Å². The molecule has 8 aliphatic rings. The number of allylic oxidation sites excluding steroid dienone is 6. The molecule has 0 unspecified atom stereocenters. The number of nitriles is 4. The summed E-state index contributed by atoms with van der Waals surface area (Å²) in [5, 5.41) is 38.8. The summed E-state index contributed by atoms with van der Waals surface area (Å²) in [5.74, 6) is -1.58. The number of thiophene rings is 2. The van der Waals surface area contributed by atoms with Crippen LogP contribution in [0.2, 0.25) is 0 Å². The van der Waals surface area contributed by atoms with Crippen molar-refractivity contribution in [3.63, 3.8) is 0 Å². The summed E-state index contributed by atoms with van der Waals surface area (Å²) in [6.07, 6.45) is 23.8. The van der Waals surface area contributed by atoms with Gasteiger partial charge in [0.15, 0.2) is 23.1 Å². The molecular formula is C54H38N4O4S2. The van der Waals surface area contributed by atoms with Crippen LogP contribution in [0.5, 0.6) is 0 Å². The van der Waals surface area contributed by atoms with Crippen LogP contribution >= 0.6 is 22.7 Å². The van der Waals surface area contributed by atoms with Crippen LogP contribution < -0.4 is 0 Å². The maximum atomic E-state index is 14.1. The van der Waals surface area contributed by atoms with Gasteiger partial charge in [-0.3, -0.25) is 19.2 Å². The van der Waals surface area contributed by atoms with Crippen LogP contribution in [0.1, 0.15) is 192 Å². The minimum atomic E-state index is -0.394. The molecule has 64 heavy (non-hydrogen) atoms. The summed E-state index contributed by atoms with van der Waals surface area (Å²) in [4.78, 5) is 61.4. The Morgan fingerprint density at radius 3 is 1.02 bits per heavy atom. The molecule has 0 amide bonds. The van der Waals surface area contributed by atoms with Gasteiger partial charge < -0.3 is 0 Å². The van der Waals surface area contributed by atoms with E-state index in [0.717, 1.165) is 101 Å². The van der Waals surface area contributed by atoms with Crippen molar-refractivity contribution in [3.8, 4) is 34.0 Å². The standard InChI is InChI=1S/C54H38N4O4S2/c55-24-28-16-34-35(17-29(28)25-56)47(60)38(46(34)59)20-32-22-40-42(52(32)10-4-1-5-11-52)44-50(63-40)51-45(54(44)14-8-3-9-15-54)43-41(64-51)23-33(53(43)12-6-2-7-13-53)21-39-48(61)36-18-30(26-57)31(27-58)19-37(36)49(39)62/h16-23H,1-15H2. The Balaban J connectivity index is 1.00. The summed E-state index contributed by atoms with van der Waals surface area (Å²) < 4.78 is 0. The first-order valence-corrected chi connectivity index (χ1v) is 24.2. The average molecular weight is 871 g/mol. The van der Waals surface area contributed by atoms with E-state index in [1.54, 1.807) is 0 Å². The number of hydrogen-bond donors (Lipinski definition) is 0. The van der Waals surface area contributed by atoms with Crippen molar-refractivity contribution < 1.29 is 19.2 Å². The van der Waals surface area contributed by atoms with Gasteiger partial charge in [0.2, 0.25) is 0 Å². The van der Waals surface area contributed by atoms with Crippen molar-refractivity contribution in [2.45, 2.75) is 113 Å². The summed E-state index contributed by atoms with van der Waals surface area (Å²) >= 11 is 3.73. The van der Waals surface area contributed by atoms with Crippen LogP contribution in [0.15, 0.2) is 58.7 Å². The molecule has 0 N–H and O–H groups in total. The van der Waals surface area contributed by atoms with Crippen LogP contribution in [0.25, 0.3) is 21.9 Å². The molecule has 3 saturated carbocycles. The number of carbonyl (C=O) groups excluding carboxylic acids is 4. The van der Waals surface area contributed by atoms with Crippen LogP contribution in [0.4, 0.5) is 0 Å². The monoisotopic (exact) mass is 870 g/mol. The van der Waals surface area contributed by atoms with Crippen LogP contribution in [0, 0.1) is 45.3 Å². The highest BCUT2D eigenvalue weighted by molar-refractivity contribution is 7.23. The maximum Gasteiger partial charge on any atom is 0.197 e. The molecule has 0 atom stereocenters. The molecule has 2 heterocycles. The number of hydrogen-bond acceptors (Lipinski definition) is 10. The molecule has 8 aliphatic carbocycles. The fourth-order valence-electron chi connectivity index (χ4n) is 13.3. The summed E-state index contributed by atoms with van der Waals surface area (Å²) in [7, 11) is 0. The Morgan fingerprint density at radius 1 is 0.422 bits per heavy atom. The largest absolute Gasteiger partial charge is 0.288 e. The van der Waals surface area contributed by atoms with Crippen molar-refractivity contribution in [3.05, 3.63) is 135 Å². The Kier molecular flexibility index (Phi) is 8.37. The second-order valence-corrected chi connectivity index (χ2v) is 21.1. The van der Waals surface area contributed by atoms with Gasteiger partial charge in [-0.05, 0) is 120 Å². The van der Waals surface area contributed by atoms with Crippen LogP contribution in [0.3, 0.4) is 0 Å². The molecular weight excluding hydrogens is 833 g/mol. The number of rotatable bonds is 2. The first-order valence-electron chi connectivity index (χ1n) is 22.5. The highest BCUT2D eigenvalue weighted by atomic mass is 32.1. The number of carbonyl (C=O) groups is 4. The number of fused-ring (bicyclic) bond motifs is 13. The second-order valence-electron chi connectivity index (χ2n) is 19.0. The molecule has 3 fully saturated rings. The van der Waals surface area contributed by atoms with Gasteiger partial charge in [0.05, 0.1) is 33.4 Å². The summed E-state index contributed by atoms with van der Waals surface area (Å²) in [5.41, 5.74) is 8.12. The first-order chi connectivity index (χ1) is 31.1. The summed E-state index contributed by atoms with van der Waals surface area (Å²) in [6, 6.07) is 13.7. The minimum Gasteiger partial charge on any atom is -0.288 e. The van der Waals surface area contributed by atoms with Gasteiger partial charge in [0.1, 0.15) is 24.3 Å². The third kappa shape index (κ3) is 4.88. The zero-order valence-corrected chi connectivity index (χ0v) is 36.6. The number of benzene rings is 2. The van der Waals surface area contributed by atoms with E-state index in [1.807, 2.05) is 59.1 Å². The molecule has 0 bridgehead atoms. The minimum absolute atomic E-state index is 0.0900. The molecule has 0 saturated heterocycles. The van der Waals surface area contributed by atoms with Gasteiger partial charge in [-0.2, -0.15) is 21.0 Å². The molecule has 12 rings (SSSR count). The maximum absolute atomic E-state index is 14.1. The van der Waals surface area contributed by atoms with E-state index in [9.17, 15) is 40.2 Å². The molecule has 0 radical (unpaired) electrons. The molecule has 2 aromatic carbocycles. The molecule has 0 aliphatic heterocycles. The van der Waals surface area contributed by atoms with Crippen LogP contribution in [-0.4, -0.2) is 23.1 Å². The van der Waals surface area contributed by atoms with E-state index in [1.165, 1.54) is 72.4 Å². The summed E-state index contributed by atoms with van der Waals surface area (Å²) in [6.45, 7) is 0. The highest BCUT2D eigenvalue weighted by Gasteiger charge is 2.58. The van der Waals surface area contributed by atoms with Crippen molar-refractivity contribution >= 4 is 58.0 Å². The van der Waals surface area contributed by atoms with Gasteiger partial charge >= 0.3 is 0 Å². The van der Waals surface area contributed by atoms with E-state index in [0.29, 0.717) is 0 Å². The van der Waals surface area contributed by atoms with Gasteiger partial charge in [0, 0.05) is 58.0 Å². The Bertz CT molecular complexity index is 2960. The number of ketones is 4. The fraction of sp³-hybridized carbons (Fsp3) is 0.333. The van der Waals surface area contributed by atoms with Gasteiger partial charge in [0.25, 0.3) is 0 Å². The van der Waals surface area contributed by atoms with Gasteiger partial charge in [-0.25, -0.2) is 0 Å². The Labute approximate surface area is 378 Å². The number of Topliss-reactive ketones (excluding diaryl/α,β-unsaturated/α-hetero) is 4. The van der Waals surface area contributed by atoms with Gasteiger partial charge in [-0.1, -0.05) is 57.8 Å². The lowest BCUT2D eigenvalue weighted by molar-refractivity contribution is 0.0973. The highest BCUT2D eigenvalue weighted by Crippen LogP contribution is 2.71. The SMILES string of the molecule is N#Cc1cc2c(cc1C#N)C(=O)C(=CC1=Cc3sc4c(c3C13CCCCC3)C1(CCCCC1)c1c-4sc3c1C1(CCCCC1)C(C=C1C(=O)c4cc(C#N)c(C#N)cc4C1=O)=C3)C2=O. The smallest absolute Gasteiger partial charge is 0.197 e. The second kappa shape index (κ2) is 13.7. The van der Waals surface area contributed by atoms with Gasteiger partial charge in [-0.15, -0.1) is 22.7 Å². The molecule has 310 valence electrons. The molecule has 3 spiro atoms. The van der Waals surface area contributed by atoms with E-state index >= 15 is 0 Å². The van der Waals surface area contributed by atoms with Crippen molar-refractivity contribution in [1.82, 2.24) is 0 Å². The molecule has 2 aromatic heterocycles. The first kappa shape index (κ1) is 39.1. The van der Waals surface area contributed by atoms with E-state index < -0.39 is 23.1 Å². The molecule has 4 aromatic rings. The normalized spacial score (nSPS) is 21.1. The quantitative estimate of drug-likeness (QED) is 0.142. The predicted octanol–water partition coefficient (Wildman–Crippen LogP) is 11.7. The zero-order chi connectivity index (χ0) is 43.9. The predicted molar refractivity (Wildman–Crippen MR) is 242 cm³/mol.